The van der Waals surface area contributed by atoms with Crippen molar-refractivity contribution < 1.29 is 28.8 Å². The largest absolute Gasteiger partial charge is 0.547 e. The minimum Gasteiger partial charge on any atom is -0.534 e. The molecule has 0 aliphatic carbocycles. The van der Waals surface area contributed by atoms with Crippen molar-refractivity contribution in [3.05, 3.63) is 29.3 Å². The Morgan fingerprint density at radius 1 is 1.36 bits per heavy atom. The maximum absolute atomic E-state index is 12.1. The van der Waals surface area contributed by atoms with Gasteiger partial charge in [-0.3, -0.25) is 4.79 Å². The van der Waals surface area contributed by atoms with Crippen LogP contribution in [-0.4, -0.2) is 42.4 Å². The van der Waals surface area contributed by atoms with Gasteiger partial charge in [-0.25, -0.2) is 4.79 Å². The third-order valence-corrected chi connectivity index (χ3v) is 3.83. The van der Waals surface area contributed by atoms with Gasteiger partial charge >= 0.3 is 13.1 Å². The van der Waals surface area contributed by atoms with Gasteiger partial charge in [0.15, 0.2) is 0 Å². The molecule has 0 saturated carbocycles. The molecule has 2 N–H and O–H groups in total. The molecule has 0 saturated heterocycles. The molecule has 8 heteroatoms. The third-order valence-electron chi connectivity index (χ3n) is 3.83. The molecule has 0 radical (unpaired) electrons. The molecule has 0 bridgehead atoms. The fourth-order valence-electron chi connectivity index (χ4n) is 2.55. The number of rotatable bonds is 7. The number of fused-ring (bicyclic) bond motifs is 1. The first-order valence-corrected chi connectivity index (χ1v) is 8.35. The first-order chi connectivity index (χ1) is 11.9. The number of ether oxygens (including phenoxy) is 1. The van der Waals surface area contributed by atoms with Gasteiger partial charge in [-0.15, -0.1) is 0 Å². The zero-order chi connectivity index (χ0) is 18.4. The van der Waals surface area contributed by atoms with Crippen LogP contribution < -0.4 is 9.97 Å². The Morgan fingerprint density at radius 3 is 2.80 bits per heavy atom. The summed E-state index contributed by atoms with van der Waals surface area (Å²) in [5, 5.41) is 12.8. The molecule has 1 aromatic carbocycles. The van der Waals surface area contributed by atoms with Gasteiger partial charge < -0.3 is 24.5 Å². The summed E-state index contributed by atoms with van der Waals surface area (Å²) in [6.45, 7) is 3.62. The summed E-state index contributed by atoms with van der Waals surface area (Å²) in [6, 6.07) is 5.05. The molecule has 1 amide bonds. The Bertz CT molecular complexity index is 663. The van der Waals surface area contributed by atoms with E-state index in [0.29, 0.717) is 25.0 Å². The summed E-state index contributed by atoms with van der Waals surface area (Å²) in [5.74, 6) is -1.27. The number of amides is 1. The molecular formula is C17H22BNO6. The number of esters is 1. The Labute approximate surface area is 146 Å². The monoisotopic (exact) mass is 347 g/mol. The van der Waals surface area contributed by atoms with Crippen molar-refractivity contribution >= 4 is 24.8 Å². The molecule has 1 aromatic rings. The minimum atomic E-state index is -1.28. The van der Waals surface area contributed by atoms with Crippen molar-refractivity contribution in [1.82, 2.24) is 5.32 Å². The second kappa shape index (κ2) is 8.66. The van der Waals surface area contributed by atoms with E-state index in [4.69, 9.17) is 9.39 Å². The summed E-state index contributed by atoms with van der Waals surface area (Å²) in [4.78, 5) is 34.9. The predicted octanol–water partition coefficient (Wildman–Crippen LogP) is 1.06. The van der Waals surface area contributed by atoms with Gasteiger partial charge in [0.1, 0.15) is 17.1 Å². The number of hydrogen-bond donors (Lipinski definition) is 2. The average molecular weight is 347 g/mol. The molecule has 1 unspecified atom stereocenters. The van der Waals surface area contributed by atoms with E-state index < -0.39 is 19.0 Å². The smallest absolute Gasteiger partial charge is 0.534 e. The van der Waals surface area contributed by atoms with Crippen LogP contribution in [0.5, 0.6) is 5.75 Å². The highest BCUT2D eigenvalue weighted by molar-refractivity contribution is 6.47. The molecule has 0 fully saturated rings. The van der Waals surface area contributed by atoms with Crippen molar-refractivity contribution in [2.24, 2.45) is 0 Å². The molecule has 0 spiro atoms. The van der Waals surface area contributed by atoms with E-state index >= 15 is 0 Å². The van der Waals surface area contributed by atoms with Gasteiger partial charge in [0, 0.05) is 12.8 Å². The highest BCUT2D eigenvalue weighted by Gasteiger charge is 2.37. The highest BCUT2D eigenvalue weighted by Crippen LogP contribution is 2.30. The first kappa shape index (κ1) is 19.0. The molecule has 1 aliphatic heterocycles. The number of carbonyl (C=O) groups excluding carboxylic acids is 3. The van der Waals surface area contributed by atoms with Crippen LogP contribution in [0, 0.1) is 0 Å². The molecule has 7 nitrogen and oxygen atoms in total. The third kappa shape index (κ3) is 5.06. The van der Waals surface area contributed by atoms with E-state index in [0.717, 1.165) is 0 Å². The fraction of sp³-hybridized carbons (Fsp3) is 0.471. The second-order valence-electron chi connectivity index (χ2n) is 6.02. The van der Waals surface area contributed by atoms with Gasteiger partial charge in [0.05, 0.1) is 12.5 Å². The van der Waals surface area contributed by atoms with Crippen molar-refractivity contribution in [3.63, 3.8) is 0 Å². The van der Waals surface area contributed by atoms with E-state index in [1.165, 1.54) is 6.92 Å². The summed E-state index contributed by atoms with van der Waals surface area (Å²) >= 11 is 0. The molecule has 1 heterocycles. The van der Waals surface area contributed by atoms with Crippen molar-refractivity contribution in [2.45, 2.75) is 45.5 Å². The lowest BCUT2D eigenvalue weighted by Crippen LogP contribution is -2.53. The van der Waals surface area contributed by atoms with Gasteiger partial charge in [-0.1, -0.05) is 19.1 Å². The average Bonchev–Trinajstić information content (AvgIpc) is 2.58. The zero-order valence-electron chi connectivity index (χ0n) is 14.4. The van der Waals surface area contributed by atoms with Gasteiger partial charge in [-0.05, 0) is 31.4 Å². The van der Waals surface area contributed by atoms with Crippen LogP contribution in [0.15, 0.2) is 18.2 Å². The van der Waals surface area contributed by atoms with E-state index in [1.807, 2.05) is 6.92 Å². The lowest BCUT2D eigenvalue weighted by Gasteiger charge is -2.29. The maximum atomic E-state index is 12.1. The van der Waals surface area contributed by atoms with Crippen LogP contribution in [0.3, 0.4) is 0 Å². The number of ketones is 1. The Hall–Kier alpha value is -2.35. The lowest BCUT2D eigenvalue weighted by atomic mass is 9.72. The van der Waals surface area contributed by atoms with E-state index in [9.17, 15) is 19.4 Å². The Balaban J connectivity index is 2.08. The van der Waals surface area contributed by atoms with Gasteiger partial charge in [0.25, 0.3) is 0 Å². The summed E-state index contributed by atoms with van der Waals surface area (Å²) in [7, 11) is -1.28. The van der Waals surface area contributed by atoms with Crippen molar-refractivity contribution in [2.75, 3.05) is 6.61 Å². The molecule has 2 rings (SSSR count). The Morgan fingerprint density at radius 2 is 2.12 bits per heavy atom. The molecule has 1 aliphatic rings. The topological polar surface area (TPSA) is 102 Å². The van der Waals surface area contributed by atoms with E-state index in [-0.39, 0.29) is 35.8 Å². The number of benzene rings is 1. The van der Waals surface area contributed by atoms with E-state index in [1.54, 1.807) is 18.2 Å². The molecule has 25 heavy (non-hydrogen) atoms. The second-order valence-corrected chi connectivity index (χ2v) is 6.02. The van der Waals surface area contributed by atoms with Crippen molar-refractivity contribution in [1.29, 1.82) is 0 Å². The normalized spacial score (nSPS) is 15.8. The van der Waals surface area contributed by atoms with Crippen LogP contribution in [-0.2, 0) is 20.7 Å². The van der Waals surface area contributed by atoms with Crippen LogP contribution in [0.4, 0.5) is 0 Å². The quantitative estimate of drug-likeness (QED) is 0.565. The number of nitrogens with one attached hydrogen (secondary N) is 1. The Kier molecular flexibility index (Phi) is 6.58. The van der Waals surface area contributed by atoms with Gasteiger partial charge in [0.2, 0.25) is 5.91 Å². The zero-order valence-corrected chi connectivity index (χ0v) is 14.4. The van der Waals surface area contributed by atoms with Crippen LogP contribution in [0.2, 0.25) is 0 Å². The van der Waals surface area contributed by atoms with Crippen LogP contribution in [0.25, 0.3) is 0 Å². The first-order valence-electron chi connectivity index (χ1n) is 8.35. The summed E-state index contributed by atoms with van der Waals surface area (Å²) in [6.07, 6.45) is 1.24. The molecule has 1 atom stereocenters. The molecule has 0 aromatic heterocycles. The lowest BCUT2D eigenvalue weighted by molar-refractivity contribution is -0.124. The minimum absolute atomic E-state index is 0.0643. The standard InChI is InChI=1S/C17H22BNO6/c1-3-9-24-17(22)13-6-4-5-12-10-14(18(23)25-16(12)13)19-15(21)8-7-11(2)20/h4-6,14,23H,3,7-10H2,1-2H3,(H,19,21). The predicted molar refractivity (Wildman–Crippen MR) is 91.2 cm³/mol. The molecular weight excluding hydrogens is 325 g/mol. The SMILES string of the molecule is CCCOC(=O)c1cccc2c1OB(O)C(NC(=O)CCC(C)=O)C2. The number of para-hydroxylation sites is 1. The number of Topliss-reactive ketones (excluding diaryl/α,β-unsaturated/α-hetero) is 1. The number of carbonyl (C=O) groups is 3. The fourth-order valence-corrected chi connectivity index (χ4v) is 2.55. The van der Waals surface area contributed by atoms with Crippen molar-refractivity contribution in [3.8, 4) is 5.75 Å². The number of hydrogen-bond acceptors (Lipinski definition) is 6. The van der Waals surface area contributed by atoms with Crippen LogP contribution in [0.1, 0.15) is 49.0 Å². The summed E-state index contributed by atoms with van der Waals surface area (Å²) < 4.78 is 10.6. The maximum Gasteiger partial charge on any atom is 0.547 e. The van der Waals surface area contributed by atoms with Crippen LogP contribution >= 0.6 is 0 Å². The highest BCUT2D eigenvalue weighted by atomic mass is 16.5. The molecule has 134 valence electrons. The van der Waals surface area contributed by atoms with Gasteiger partial charge in [-0.2, -0.15) is 0 Å². The summed E-state index contributed by atoms with van der Waals surface area (Å²) in [5.41, 5.74) is 0.958. The van der Waals surface area contributed by atoms with E-state index in [2.05, 4.69) is 5.32 Å².